The Morgan fingerprint density at radius 3 is 2.12 bits per heavy atom. The minimum absolute atomic E-state index is 0.809. The van der Waals surface area contributed by atoms with Crippen molar-refractivity contribution in [2.45, 2.75) is 37.6 Å². The minimum Gasteiger partial charge on any atom is -0.479 e. The Morgan fingerprint density at radius 2 is 1.69 bits per heavy atom. The SMILES string of the molecule is CC(=O)O[C@@H]1O[C@H](C(=O)O)[C@@H](O)[C@H](O)[C@H]1O. The molecule has 0 bridgehead atoms. The number of aliphatic hydroxyl groups is 3. The van der Waals surface area contributed by atoms with Crippen LogP contribution in [-0.4, -0.2) is 63.1 Å². The average molecular weight is 236 g/mol. The predicted molar refractivity (Wildman–Crippen MR) is 46.1 cm³/mol. The van der Waals surface area contributed by atoms with Crippen LogP contribution in [0.3, 0.4) is 0 Å². The number of ether oxygens (including phenoxy) is 2. The zero-order valence-electron chi connectivity index (χ0n) is 8.31. The van der Waals surface area contributed by atoms with E-state index in [0.717, 1.165) is 6.92 Å². The highest BCUT2D eigenvalue weighted by Crippen LogP contribution is 2.22. The summed E-state index contributed by atoms with van der Waals surface area (Å²) >= 11 is 0. The molecular formula is C8H12O8. The first kappa shape index (κ1) is 12.8. The highest BCUT2D eigenvalue weighted by molar-refractivity contribution is 5.73. The van der Waals surface area contributed by atoms with E-state index in [-0.39, 0.29) is 0 Å². The van der Waals surface area contributed by atoms with Crippen LogP contribution in [0, 0.1) is 0 Å². The largest absolute Gasteiger partial charge is 0.479 e. The first-order valence-corrected chi connectivity index (χ1v) is 4.44. The molecule has 0 aromatic rings. The molecule has 1 fully saturated rings. The van der Waals surface area contributed by atoms with Gasteiger partial charge in [-0.3, -0.25) is 4.79 Å². The molecule has 4 N–H and O–H groups in total. The first-order valence-electron chi connectivity index (χ1n) is 4.44. The van der Waals surface area contributed by atoms with Gasteiger partial charge in [0.1, 0.15) is 18.3 Å². The van der Waals surface area contributed by atoms with E-state index in [9.17, 15) is 24.9 Å². The fourth-order valence-corrected chi connectivity index (χ4v) is 1.31. The first-order chi connectivity index (χ1) is 7.34. The van der Waals surface area contributed by atoms with Gasteiger partial charge in [0.05, 0.1) is 0 Å². The van der Waals surface area contributed by atoms with Gasteiger partial charge < -0.3 is 29.9 Å². The second-order valence-electron chi connectivity index (χ2n) is 3.34. The fraction of sp³-hybridized carbons (Fsp3) is 0.750. The molecule has 0 unspecified atom stereocenters. The van der Waals surface area contributed by atoms with Crippen LogP contribution >= 0.6 is 0 Å². The molecule has 16 heavy (non-hydrogen) atoms. The topological polar surface area (TPSA) is 134 Å². The number of hydrogen-bond acceptors (Lipinski definition) is 7. The van der Waals surface area contributed by atoms with Gasteiger partial charge in [-0.2, -0.15) is 0 Å². The quantitative estimate of drug-likeness (QED) is 0.385. The van der Waals surface area contributed by atoms with Gasteiger partial charge in [0.25, 0.3) is 0 Å². The van der Waals surface area contributed by atoms with Crippen molar-refractivity contribution in [3.63, 3.8) is 0 Å². The second kappa shape index (κ2) is 4.74. The molecule has 1 aliphatic heterocycles. The van der Waals surface area contributed by atoms with Crippen LogP contribution in [0.15, 0.2) is 0 Å². The third-order valence-electron chi connectivity index (χ3n) is 2.10. The van der Waals surface area contributed by atoms with Crippen molar-refractivity contribution in [1.29, 1.82) is 0 Å². The molecule has 1 rings (SSSR count). The van der Waals surface area contributed by atoms with E-state index >= 15 is 0 Å². The lowest BCUT2D eigenvalue weighted by Crippen LogP contribution is -2.60. The summed E-state index contributed by atoms with van der Waals surface area (Å²) in [6.45, 7) is 1.03. The van der Waals surface area contributed by atoms with E-state index in [1.165, 1.54) is 0 Å². The maximum Gasteiger partial charge on any atom is 0.335 e. The summed E-state index contributed by atoms with van der Waals surface area (Å²) in [4.78, 5) is 21.2. The van der Waals surface area contributed by atoms with Crippen molar-refractivity contribution in [1.82, 2.24) is 0 Å². The molecule has 92 valence electrons. The lowest BCUT2D eigenvalue weighted by Gasteiger charge is -2.37. The zero-order chi connectivity index (χ0) is 12.5. The smallest absolute Gasteiger partial charge is 0.335 e. The standard InChI is InChI=1S/C8H12O8/c1-2(9)15-8-5(12)3(10)4(11)6(16-8)7(13)14/h3-6,8,10-12H,1H3,(H,13,14)/t3-,4-,5+,6-,8+/m0/s1. The van der Waals surface area contributed by atoms with E-state index in [2.05, 4.69) is 9.47 Å². The number of carbonyl (C=O) groups is 2. The third-order valence-corrected chi connectivity index (χ3v) is 2.10. The summed E-state index contributed by atoms with van der Waals surface area (Å²) in [6.07, 6.45) is -8.63. The molecule has 1 saturated heterocycles. The van der Waals surface area contributed by atoms with Crippen molar-refractivity contribution >= 4 is 11.9 Å². The average Bonchev–Trinajstić information content (AvgIpc) is 2.18. The maximum atomic E-state index is 10.6. The van der Waals surface area contributed by atoms with E-state index < -0.39 is 42.6 Å². The van der Waals surface area contributed by atoms with Gasteiger partial charge in [-0.25, -0.2) is 4.79 Å². The highest BCUT2D eigenvalue weighted by Gasteiger charge is 2.48. The molecule has 1 aliphatic rings. The third kappa shape index (κ3) is 2.47. The van der Waals surface area contributed by atoms with Gasteiger partial charge >= 0.3 is 11.9 Å². The van der Waals surface area contributed by atoms with Crippen LogP contribution in [0.25, 0.3) is 0 Å². The number of carboxylic acid groups (broad SMARTS) is 1. The minimum atomic E-state index is -1.79. The van der Waals surface area contributed by atoms with Gasteiger partial charge in [-0.15, -0.1) is 0 Å². The van der Waals surface area contributed by atoms with Crippen LogP contribution in [-0.2, 0) is 19.1 Å². The van der Waals surface area contributed by atoms with Crippen molar-refractivity contribution < 1.29 is 39.5 Å². The summed E-state index contributed by atoms with van der Waals surface area (Å²) in [5.41, 5.74) is 0. The molecule has 8 heteroatoms. The molecule has 0 radical (unpaired) electrons. The van der Waals surface area contributed by atoms with Gasteiger partial charge in [0, 0.05) is 6.92 Å². The summed E-state index contributed by atoms with van der Waals surface area (Å²) in [7, 11) is 0. The van der Waals surface area contributed by atoms with Crippen LogP contribution < -0.4 is 0 Å². The van der Waals surface area contributed by atoms with Crippen molar-refractivity contribution in [3.05, 3.63) is 0 Å². The molecule has 0 aromatic heterocycles. The molecule has 0 spiro atoms. The van der Waals surface area contributed by atoms with Gasteiger partial charge in [0.15, 0.2) is 6.10 Å². The Balaban J connectivity index is 2.80. The zero-order valence-corrected chi connectivity index (χ0v) is 8.31. The number of carbonyl (C=O) groups excluding carboxylic acids is 1. The van der Waals surface area contributed by atoms with Crippen molar-refractivity contribution in [2.75, 3.05) is 0 Å². The Hall–Kier alpha value is -1.22. The number of aliphatic carboxylic acids is 1. The van der Waals surface area contributed by atoms with E-state index in [4.69, 9.17) is 5.11 Å². The molecule has 8 nitrogen and oxygen atoms in total. The summed E-state index contributed by atoms with van der Waals surface area (Å²) in [5.74, 6) is -2.34. The molecule has 5 atom stereocenters. The summed E-state index contributed by atoms with van der Waals surface area (Å²) < 4.78 is 9.11. The monoisotopic (exact) mass is 236 g/mol. The molecule has 0 saturated carbocycles. The van der Waals surface area contributed by atoms with E-state index in [1.807, 2.05) is 0 Å². The Morgan fingerprint density at radius 1 is 1.12 bits per heavy atom. The summed E-state index contributed by atoms with van der Waals surface area (Å²) in [6, 6.07) is 0. The van der Waals surface area contributed by atoms with Gasteiger partial charge in [0.2, 0.25) is 6.29 Å². The molecule has 1 heterocycles. The van der Waals surface area contributed by atoms with Crippen LogP contribution in [0.1, 0.15) is 6.92 Å². The van der Waals surface area contributed by atoms with Crippen LogP contribution in [0.4, 0.5) is 0 Å². The van der Waals surface area contributed by atoms with Gasteiger partial charge in [-0.1, -0.05) is 0 Å². The molecule has 0 aliphatic carbocycles. The molecule has 0 amide bonds. The second-order valence-corrected chi connectivity index (χ2v) is 3.34. The molecular weight excluding hydrogens is 224 g/mol. The normalized spacial score (nSPS) is 39.1. The number of rotatable bonds is 2. The van der Waals surface area contributed by atoms with E-state index in [1.54, 1.807) is 0 Å². The van der Waals surface area contributed by atoms with Crippen LogP contribution in [0.5, 0.6) is 0 Å². The lowest BCUT2D eigenvalue weighted by atomic mass is 9.99. The number of aliphatic hydroxyl groups excluding tert-OH is 3. The number of carboxylic acids is 1. The van der Waals surface area contributed by atoms with Crippen LogP contribution in [0.2, 0.25) is 0 Å². The van der Waals surface area contributed by atoms with Crippen molar-refractivity contribution in [2.24, 2.45) is 0 Å². The number of hydrogen-bond donors (Lipinski definition) is 4. The van der Waals surface area contributed by atoms with Gasteiger partial charge in [-0.05, 0) is 0 Å². The maximum absolute atomic E-state index is 10.6. The lowest BCUT2D eigenvalue weighted by molar-refractivity contribution is -0.285. The predicted octanol–water partition coefficient (Wildman–Crippen LogP) is -2.56. The highest BCUT2D eigenvalue weighted by atomic mass is 16.7. The van der Waals surface area contributed by atoms with E-state index in [0.29, 0.717) is 0 Å². The molecule has 0 aromatic carbocycles. The Bertz CT molecular complexity index is 288. The number of esters is 1. The Labute approximate surface area is 90.0 Å². The Kier molecular flexibility index (Phi) is 3.81. The fourth-order valence-electron chi connectivity index (χ4n) is 1.31. The van der Waals surface area contributed by atoms with Crippen molar-refractivity contribution in [3.8, 4) is 0 Å². The summed E-state index contributed by atoms with van der Waals surface area (Å²) in [5, 5.41) is 36.6.